The van der Waals surface area contributed by atoms with E-state index in [9.17, 15) is 9.59 Å². The Balaban J connectivity index is 2.12. The van der Waals surface area contributed by atoms with Gasteiger partial charge in [0.05, 0.1) is 0 Å². The molecule has 5 heteroatoms. The average Bonchev–Trinajstić information content (AvgIpc) is 2.69. The van der Waals surface area contributed by atoms with Gasteiger partial charge in [-0.15, -0.1) is 0 Å². The molecule has 29 heavy (non-hydrogen) atoms. The van der Waals surface area contributed by atoms with Crippen LogP contribution >= 0.6 is 0 Å². The molecule has 2 aromatic carbocycles. The Morgan fingerprint density at radius 2 is 1.69 bits per heavy atom. The molecule has 0 saturated heterocycles. The van der Waals surface area contributed by atoms with Gasteiger partial charge in [0.15, 0.2) is 6.61 Å². The third-order valence-electron chi connectivity index (χ3n) is 4.78. The third-order valence-corrected chi connectivity index (χ3v) is 4.78. The molecular formula is C24H32N2O3. The van der Waals surface area contributed by atoms with E-state index in [4.69, 9.17) is 4.74 Å². The maximum absolute atomic E-state index is 13.0. The molecule has 156 valence electrons. The minimum absolute atomic E-state index is 0.0897. The number of ether oxygens (including phenoxy) is 1. The normalized spacial score (nSPS) is 11.6. The van der Waals surface area contributed by atoms with Gasteiger partial charge >= 0.3 is 0 Å². The Morgan fingerprint density at radius 1 is 1.03 bits per heavy atom. The van der Waals surface area contributed by atoms with Crippen molar-refractivity contribution >= 4 is 11.8 Å². The zero-order valence-electron chi connectivity index (χ0n) is 17.9. The molecule has 0 spiro atoms. The molecular weight excluding hydrogens is 364 g/mol. The van der Waals surface area contributed by atoms with Crippen molar-refractivity contribution in [1.29, 1.82) is 0 Å². The van der Waals surface area contributed by atoms with Gasteiger partial charge in [-0.25, -0.2) is 0 Å². The summed E-state index contributed by atoms with van der Waals surface area (Å²) >= 11 is 0. The third kappa shape index (κ3) is 6.93. The van der Waals surface area contributed by atoms with E-state index in [2.05, 4.69) is 11.4 Å². The summed E-state index contributed by atoms with van der Waals surface area (Å²) in [5.74, 6) is 0.367. The molecule has 0 saturated carbocycles. The highest BCUT2D eigenvalue weighted by Crippen LogP contribution is 2.17. The van der Waals surface area contributed by atoms with Crippen LogP contribution in [-0.2, 0) is 16.0 Å². The largest absolute Gasteiger partial charge is 0.484 e. The van der Waals surface area contributed by atoms with Gasteiger partial charge in [0.1, 0.15) is 11.8 Å². The minimum Gasteiger partial charge on any atom is -0.484 e. The van der Waals surface area contributed by atoms with Gasteiger partial charge in [0, 0.05) is 13.1 Å². The lowest BCUT2D eigenvalue weighted by Gasteiger charge is -2.30. The second kappa shape index (κ2) is 11.2. The van der Waals surface area contributed by atoms with Crippen molar-refractivity contribution < 1.29 is 14.3 Å². The first kappa shape index (κ1) is 22.5. The summed E-state index contributed by atoms with van der Waals surface area (Å²) in [5.41, 5.74) is 3.30. The molecule has 1 atom stereocenters. The van der Waals surface area contributed by atoms with Crippen LogP contribution in [0.3, 0.4) is 0 Å². The highest BCUT2D eigenvalue weighted by molar-refractivity contribution is 5.88. The highest BCUT2D eigenvalue weighted by atomic mass is 16.5. The van der Waals surface area contributed by atoms with Crippen molar-refractivity contribution in [1.82, 2.24) is 10.2 Å². The monoisotopic (exact) mass is 396 g/mol. The van der Waals surface area contributed by atoms with Crippen molar-refractivity contribution in [2.45, 2.75) is 46.6 Å². The molecule has 0 radical (unpaired) electrons. The van der Waals surface area contributed by atoms with Crippen LogP contribution in [0, 0.1) is 13.8 Å². The Bertz CT molecular complexity index is 785. The lowest BCUT2D eigenvalue weighted by atomic mass is 10.1. The number of carbonyl (C=O) groups is 2. The van der Waals surface area contributed by atoms with Crippen LogP contribution in [0.25, 0.3) is 0 Å². The van der Waals surface area contributed by atoms with Gasteiger partial charge in [-0.3, -0.25) is 9.59 Å². The van der Waals surface area contributed by atoms with E-state index in [1.54, 1.807) is 4.90 Å². The minimum atomic E-state index is -0.506. The molecule has 1 N–H and O–H groups in total. The number of aryl methyl sites for hydroxylation is 2. The van der Waals surface area contributed by atoms with Gasteiger partial charge in [-0.1, -0.05) is 43.3 Å². The quantitative estimate of drug-likeness (QED) is 0.667. The zero-order valence-corrected chi connectivity index (χ0v) is 17.9. The fraction of sp³-hybridized carbons (Fsp3) is 0.417. The molecule has 5 nitrogen and oxygen atoms in total. The summed E-state index contributed by atoms with van der Waals surface area (Å²) in [6, 6.07) is 15.4. The van der Waals surface area contributed by atoms with Crippen molar-refractivity contribution in [3.8, 4) is 5.75 Å². The SMILES string of the molecule is CCNC(=O)C(CC)N(CCc1ccccc1)C(=O)COc1cc(C)cc(C)c1. The van der Waals surface area contributed by atoms with Crippen LogP contribution in [0.15, 0.2) is 48.5 Å². The van der Waals surface area contributed by atoms with Crippen LogP contribution in [0.1, 0.15) is 37.0 Å². The van der Waals surface area contributed by atoms with E-state index >= 15 is 0 Å². The molecule has 0 aliphatic carbocycles. The lowest BCUT2D eigenvalue weighted by Crippen LogP contribution is -2.51. The molecule has 2 aromatic rings. The number of likely N-dealkylation sites (N-methyl/N-ethyl adjacent to an activating group) is 1. The van der Waals surface area contributed by atoms with Gasteiger partial charge in [0.2, 0.25) is 5.91 Å². The predicted octanol–water partition coefficient (Wildman–Crippen LogP) is 3.67. The number of hydrogen-bond acceptors (Lipinski definition) is 3. The summed E-state index contributed by atoms with van der Waals surface area (Å²) in [4.78, 5) is 27.2. The van der Waals surface area contributed by atoms with Crippen molar-refractivity contribution in [2.24, 2.45) is 0 Å². The Morgan fingerprint density at radius 3 is 2.28 bits per heavy atom. The molecule has 0 fully saturated rings. The lowest BCUT2D eigenvalue weighted by molar-refractivity contribution is -0.142. The molecule has 0 aliphatic heterocycles. The standard InChI is InChI=1S/C24H32N2O3/c1-5-22(24(28)25-6-2)26(13-12-20-10-8-7-9-11-20)23(27)17-29-21-15-18(3)14-19(4)16-21/h7-11,14-16,22H,5-6,12-13,17H2,1-4H3,(H,25,28). The molecule has 0 heterocycles. The van der Waals surface area contributed by atoms with Crippen molar-refractivity contribution in [3.63, 3.8) is 0 Å². The van der Waals surface area contributed by atoms with Crippen molar-refractivity contribution in [3.05, 3.63) is 65.2 Å². The van der Waals surface area contributed by atoms with Gasteiger partial charge in [-0.2, -0.15) is 0 Å². The summed E-state index contributed by atoms with van der Waals surface area (Å²) in [6.45, 7) is 8.71. The van der Waals surface area contributed by atoms with Crippen LogP contribution in [0.4, 0.5) is 0 Å². The summed E-state index contributed by atoms with van der Waals surface area (Å²) in [5, 5.41) is 2.85. The highest BCUT2D eigenvalue weighted by Gasteiger charge is 2.28. The number of nitrogens with one attached hydrogen (secondary N) is 1. The topological polar surface area (TPSA) is 58.6 Å². The Labute approximate surface area is 174 Å². The first-order chi connectivity index (χ1) is 13.9. The van der Waals surface area contributed by atoms with Crippen LogP contribution in [0.2, 0.25) is 0 Å². The number of benzene rings is 2. The van der Waals surface area contributed by atoms with E-state index in [-0.39, 0.29) is 18.4 Å². The second-order valence-electron chi connectivity index (χ2n) is 7.25. The van der Waals surface area contributed by atoms with Crippen LogP contribution in [-0.4, -0.2) is 42.5 Å². The van der Waals surface area contributed by atoms with E-state index < -0.39 is 6.04 Å². The Kier molecular flexibility index (Phi) is 8.71. The number of rotatable bonds is 10. The fourth-order valence-corrected chi connectivity index (χ4v) is 3.43. The van der Waals surface area contributed by atoms with Gasteiger partial charge < -0.3 is 15.0 Å². The molecule has 2 amide bonds. The van der Waals surface area contributed by atoms with E-state index in [0.717, 1.165) is 16.7 Å². The van der Waals surface area contributed by atoms with Gasteiger partial charge in [0.25, 0.3) is 5.91 Å². The van der Waals surface area contributed by atoms with E-state index in [0.29, 0.717) is 31.7 Å². The number of hydrogen-bond donors (Lipinski definition) is 1. The molecule has 2 rings (SSSR count). The first-order valence-electron chi connectivity index (χ1n) is 10.3. The molecule has 0 aromatic heterocycles. The van der Waals surface area contributed by atoms with E-state index in [1.165, 1.54) is 0 Å². The number of carbonyl (C=O) groups excluding carboxylic acids is 2. The van der Waals surface area contributed by atoms with E-state index in [1.807, 2.05) is 70.2 Å². The van der Waals surface area contributed by atoms with Crippen LogP contribution in [0.5, 0.6) is 5.75 Å². The predicted molar refractivity (Wildman–Crippen MR) is 116 cm³/mol. The zero-order chi connectivity index (χ0) is 21.2. The Hall–Kier alpha value is -2.82. The number of amides is 2. The van der Waals surface area contributed by atoms with Crippen LogP contribution < -0.4 is 10.1 Å². The summed E-state index contributed by atoms with van der Waals surface area (Å²) in [7, 11) is 0. The number of nitrogens with zero attached hydrogens (tertiary/aromatic N) is 1. The smallest absolute Gasteiger partial charge is 0.261 e. The maximum atomic E-state index is 13.0. The second-order valence-corrected chi connectivity index (χ2v) is 7.25. The maximum Gasteiger partial charge on any atom is 0.261 e. The molecule has 1 unspecified atom stereocenters. The summed E-state index contributed by atoms with van der Waals surface area (Å²) in [6.07, 6.45) is 1.24. The average molecular weight is 397 g/mol. The molecule has 0 aliphatic rings. The van der Waals surface area contributed by atoms with Crippen molar-refractivity contribution in [2.75, 3.05) is 19.7 Å². The molecule has 0 bridgehead atoms. The first-order valence-corrected chi connectivity index (χ1v) is 10.3. The van der Waals surface area contributed by atoms with Gasteiger partial charge in [-0.05, 0) is 62.4 Å². The fourth-order valence-electron chi connectivity index (χ4n) is 3.43. The summed E-state index contributed by atoms with van der Waals surface area (Å²) < 4.78 is 5.77.